The summed E-state index contributed by atoms with van der Waals surface area (Å²) in [6.07, 6.45) is -3.02. The normalized spacial score (nSPS) is 13.4. The van der Waals surface area contributed by atoms with Gasteiger partial charge in [0.05, 0.1) is 37.3 Å². The highest BCUT2D eigenvalue weighted by molar-refractivity contribution is 6.04. The lowest BCUT2D eigenvalue weighted by Crippen LogP contribution is -2.36. The Balaban J connectivity index is 1.27. The number of methoxy groups -OCH3 is 1. The average Bonchev–Trinajstić information content (AvgIpc) is 3.07. The summed E-state index contributed by atoms with van der Waals surface area (Å²) in [4.78, 5) is 37.6. The molecule has 10 nitrogen and oxygen atoms in total. The van der Waals surface area contributed by atoms with Gasteiger partial charge in [0.15, 0.2) is 0 Å². The van der Waals surface area contributed by atoms with E-state index >= 15 is 0 Å². The fourth-order valence-corrected chi connectivity index (χ4v) is 5.44. The summed E-state index contributed by atoms with van der Waals surface area (Å²) in [5, 5.41) is 6.32. The van der Waals surface area contributed by atoms with Crippen LogP contribution in [0.2, 0.25) is 0 Å². The Bertz CT molecular complexity index is 2040. The Kier molecular flexibility index (Phi) is 8.56. The summed E-state index contributed by atoms with van der Waals surface area (Å²) >= 11 is 0. The number of carbonyl (C=O) groups is 1. The van der Waals surface area contributed by atoms with Crippen molar-refractivity contribution in [2.24, 2.45) is 7.05 Å². The van der Waals surface area contributed by atoms with Crippen LogP contribution in [0.1, 0.15) is 21.5 Å². The van der Waals surface area contributed by atoms with Crippen LogP contribution in [0.15, 0.2) is 77.7 Å². The zero-order valence-corrected chi connectivity index (χ0v) is 25.8. The van der Waals surface area contributed by atoms with Crippen molar-refractivity contribution in [3.05, 3.63) is 100.0 Å². The monoisotopic (exact) mass is 644 g/mol. The lowest BCUT2D eigenvalue weighted by Gasteiger charge is -2.29. The molecule has 3 heterocycles. The van der Waals surface area contributed by atoms with Crippen LogP contribution in [0.5, 0.6) is 5.75 Å². The molecule has 0 atom stereocenters. The molecule has 47 heavy (non-hydrogen) atoms. The summed E-state index contributed by atoms with van der Waals surface area (Å²) in [6.45, 7) is 4.74. The van der Waals surface area contributed by atoms with E-state index in [2.05, 4.69) is 25.5 Å². The molecule has 0 bridgehead atoms. The third-order valence-corrected chi connectivity index (χ3v) is 8.01. The molecule has 0 saturated carbocycles. The third kappa shape index (κ3) is 6.61. The molecule has 13 heteroatoms. The fraction of sp³-hybridized carbons (Fsp3) is 0.235. The Morgan fingerprint density at radius 3 is 2.55 bits per heavy atom. The van der Waals surface area contributed by atoms with Gasteiger partial charge in [0, 0.05) is 60.3 Å². The van der Waals surface area contributed by atoms with Gasteiger partial charge in [-0.3, -0.25) is 9.59 Å². The number of aryl methyl sites for hydroxylation is 1. The first kappa shape index (κ1) is 31.5. The number of ether oxygens (including phenoxy) is 2. The minimum Gasteiger partial charge on any atom is -0.494 e. The Morgan fingerprint density at radius 2 is 1.81 bits per heavy atom. The van der Waals surface area contributed by atoms with Crippen LogP contribution in [-0.4, -0.2) is 53.9 Å². The number of rotatable bonds is 7. The molecule has 5 aromatic rings. The van der Waals surface area contributed by atoms with E-state index in [9.17, 15) is 22.8 Å². The topological polar surface area (TPSA) is 111 Å². The SMILES string of the molecule is COc1cc(N2CCOCC2)ccc1Nc1ncc2cc(-c3cc(NC(=O)c4cccc(C(F)(F)F)c4)ccc3C)n(C)c(=O)c2n1. The van der Waals surface area contributed by atoms with E-state index in [1.807, 2.05) is 25.1 Å². The van der Waals surface area contributed by atoms with Gasteiger partial charge in [-0.2, -0.15) is 13.2 Å². The van der Waals surface area contributed by atoms with Crippen molar-refractivity contribution in [2.45, 2.75) is 13.1 Å². The number of hydrogen-bond donors (Lipinski definition) is 2. The molecule has 0 aliphatic carbocycles. The van der Waals surface area contributed by atoms with Crippen molar-refractivity contribution >= 4 is 39.8 Å². The van der Waals surface area contributed by atoms with Crippen LogP contribution in [-0.2, 0) is 18.0 Å². The minimum absolute atomic E-state index is 0.132. The lowest BCUT2D eigenvalue weighted by atomic mass is 10.0. The summed E-state index contributed by atoms with van der Waals surface area (Å²) in [6, 6.07) is 16.8. The molecule has 1 fully saturated rings. The molecule has 1 saturated heterocycles. The molecule has 6 rings (SSSR count). The second-order valence-electron chi connectivity index (χ2n) is 11.1. The van der Waals surface area contributed by atoms with Gasteiger partial charge in [-0.25, -0.2) is 9.97 Å². The van der Waals surface area contributed by atoms with Gasteiger partial charge >= 0.3 is 6.18 Å². The number of carbonyl (C=O) groups excluding carboxylic acids is 1. The zero-order valence-electron chi connectivity index (χ0n) is 25.8. The highest BCUT2D eigenvalue weighted by Crippen LogP contribution is 2.33. The van der Waals surface area contributed by atoms with Crippen LogP contribution in [0.25, 0.3) is 22.2 Å². The first-order valence-corrected chi connectivity index (χ1v) is 14.8. The zero-order chi connectivity index (χ0) is 33.3. The smallest absolute Gasteiger partial charge is 0.416 e. The molecule has 1 aliphatic heterocycles. The van der Waals surface area contributed by atoms with Gasteiger partial charge in [-0.15, -0.1) is 0 Å². The molecule has 0 spiro atoms. The minimum atomic E-state index is -4.57. The fourth-order valence-electron chi connectivity index (χ4n) is 5.44. The summed E-state index contributed by atoms with van der Waals surface area (Å²) < 4.78 is 52.0. The first-order chi connectivity index (χ1) is 22.5. The molecular formula is C34H31F3N6O4. The van der Waals surface area contributed by atoms with Crippen LogP contribution >= 0.6 is 0 Å². The van der Waals surface area contributed by atoms with E-state index in [0.717, 1.165) is 36.5 Å². The lowest BCUT2D eigenvalue weighted by molar-refractivity contribution is -0.137. The van der Waals surface area contributed by atoms with Crippen molar-refractivity contribution in [1.82, 2.24) is 14.5 Å². The van der Waals surface area contributed by atoms with E-state index in [4.69, 9.17) is 9.47 Å². The summed E-state index contributed by atoms with van der Waals surface area (Å²) in [5.74, 6) is 0.116. The molecule has 0 unspecified atom stereocenters. The Morgan fingerprint density at radius 1 is 1.02 bits per heavy atom. The van der Waals surface area contributed by atoms with E-state index in [-0.39, 0.29) is 22.6 Å². The largest absolute Gasteiger partial charge is 0.494 e. The predicted octanol–water partition coefficient (Wildman–Crippen LogP) is 6.16. The number of anilines is 4. The molecule has 242 valence electrons. The quantitative estimate of drug-likeness (QED) is 0.217. The number of morpholine rings is 1. The highest BCUT2D eigenvalue weighted by Gasteiger charge is 2.31. The van der Waals surface area contributed by atoms with Crippen molar-refractivity contribution in [1.29, 1.82) is 0 Å². The second kappa shape index (κ2) is 12.8. The molecule has 3 aromatic carbocycles. The van der Waals surface area contributed by atoms with Crippen molar-refractivity contribution in [3.8, 4) is 17.0 Å². The maximum Gasteiger partial charge on any atom is 0.416 e. The molecule has 0 radical (unpaired) electrons. The van der Waals surface area contributed by atoms with Crippen molar-refractivity contribution < 1.29 is 27.4 Å². The number of aromatic nitrogens is 3. The van der Waals surface area contributed by atoms with Crippen LogP contribution in [0.3, 0.4) is 0 Å². The van der Waals surface area contributed by atoms with Crippen LogP contribution in [0.4, 0.5) is 36.2 Å². The van der Waals surface area contributed by atoms with E-state index < -0.39 is 17.6 Å². The van der Waals surface area contributed by atoms with Gasteiger partial charge in [0.2, 0.25) is 5.95 Å². The molecular weight excluding hydrogens is 613 g/mol. The number of fused-ring (bicyclic) bond motifs is 1. The van der Waals surface area contributed by atoms with E-state index in [1.54, 1.807) is 44.6 Å². The highest BCUT2D eigenvalue weighted by atomic mass is 19.4. The average molecular weight is 645 g/mol. The third-order valence-electron chi connectivity index (χ3n) is 8.01. The van der Waals surface area contributed by atoms with Gasteiger partial charge in [0.1, 0.15) is 11.3 Å². The number of halogens is 3. The van der Waals surface area contributed by atoms with Gasteiger partial charge in [-0.1, -0.05) is 12.1 Å². The van der Waals surface area contributed by atoms with Crippen molar-refractivity contribution in [3.63, 3.8) is 0 Å². The summed E-state index contributed by atoms with van der Waals surface area (Å²) in [7, 11) is 3.20. The second-order valence-corrected chi connectivity index (χ2v) is 11.1. The number of amides is 1. The van der Waals surface area contributed by atoms with Crippen LogP contribution < -0.4 is 25.8 Å². The number of hydrogen-bond acceptors (Lipinski definition) is 8. The summed E-state index contributed by atoms with van der Waals surface area (Å²) in [5.41, 5.74) is 2.77. The predicted molar refractivity (Wildman–Crippen MR) is 174 cm³/mol. The van der Waals surface area contributed by atoms with E-state index in [1.165, 1.54) is 16.7 Å². The first-order valence-electron chi connectivity index (χ1n) is 14.8. The molecule has 1 aliphatic rings. The maximum atomic E-state index is 13.6. The van der Waals surface area contributed by atoms with Gasteiger partial charge in [0.25, 0.3) is 11.5 Å². The van der Waals surface area contributed by atoms with Crippen LogP contribution in [0, 0.1) is 6.92 Å². The molecule has 2 N–H and O–H groups in total. The Labute approximate surface area is 267 Å². The number of nitrogens with zero attached hydrogens (tertiary/aromatic N) is 4. The molecule has 2 aromatic heterocycles. The van der Waals surface area contributed by atoms with Crippen molar-refractivity contribution in [2.75, 3.05) is 48.9 Å². The maximum absolute atomic E-state index is 13.6. The number of alkyl halides is 3. The molecule has 1 amide bonds. The Hall–Kier alpha value is -5.43. The van der Waals surface area contributed by atoms with E-state index in [0.29, 0.717) is 47.0 Å². The number of benzene rings is 3. The standard InChI is InChI=1S/C34H31F3N6O4/c1-20-7-8-24(39-31(44)21-5-4-6-23(15-21)34(35,36)37)17-26(20)28-16-22-19-38-33(41-30(22)32(45)42(28)2)40-27-10-9-25(18-29(27)46-3)43-11-13-47-14-12-43/h4-10,15-19H,11-14H2,1-3H3,(H,39,44)(H,38,40,41). The number of pyridine rings is 1. The van der Waals surface area contributed by atoms with Gasteiger partial charge < -0.3 is 29.6 Å². The van der Waals surface area contributed by atoms with Gasteiger partial charge in [-0.05, 0) is 61.0 Å². The number of nitrogens with one attached hydrogen (secondary N) is 2.